The van der Waals surface area contributed by atoms with Gasteiger partial charge in [-0.25, -0.2) is 4.98 Å². The number of pyridine rings is 1. The van der Waals surface area contributed by atoms with Crippen LogP contribution in [0.3, 0.4) is 0 Å². The first-order valence-corrected chi connectivity index (χ1v) is 11.9. The summed E-state index contributed by atoms with van der Waals surface area (Å²) in [6.45, 7) is 0. The normalized spacial score (nSPS) is 15.0. The first-order chi connectivity index (χ1) is 17.4. The molecule has 0 saturated heterocycles. The number of para-hydroxylation sites is 4. The molecule has 0 spiro atoms. The second-order valence-electron chi connectivity index (χ2n) is 9.07. The molecule has 4 aromatic carbocycles. The number of aromatic nitrogens is 3. The molecule has 1 aliphatic heterocycles. The first-order valence-electron chi connectivity index (χ1n) is 11.9. The smallest absolute Gasteiger partial charge is 0.146 e. The summed E-state index contributed by atoms with van der Waals surface area (Å²) in [6, 6.07) is 38.3. The summed E-state index contributed by atoms with van der Waals surface area (Å²) in [5.41, 5.74) is 6.51. The Morgan fingerprint density at radius 2 is 1.31 bits per heavy atom. The van der Waals surface area contributed by atoms with Crippen molar-refractivity contribution in [1.82, 2.24) is 14.1 Å². The van der Waals surface area contributed by atoms with Crippen LogP contribution >= 0.6 is 0 Å². The van der Waals surface area contributed by atoms with Crippen LogP contribution in [0.5, 0.6) is 0 Å². The topological polar surface area (TPSA) is 35.1 Å². The van der Waals surface area contributed by atoms with Crippen LogP contribution in [0.2, 0.25) is 0 Å². The fourth-order valence-corrected chi connectivity index (χ4v) is 5.61. The zero-order valence-corrected chi connectivity index (χ0v) is 18.8. The van der Waals surface area contributed by atoms with Crippen molar-refractivity contribution >= 4 is 49.9 Å². The van der Waals surface area contributed by atoms with E-state index in [0.29, 0.717) is 0 Å². The van der Waals surface area contributed by atoms with E-state index in [4.69, 9.17) is 9.98 Å². The Morgan fingerprint density at radius 3 is 2.17 bits per heavy atom. The Kier molecular flexibility index (Phi) is 3.69. The molecule has 0 radical (unpaired) electrons. The quantitative estimate of drug-likeness (QED) is 0.324. The first kappa shape index (κ1) is 18.7. The van der Waals surface area contributed by atoms with Gasteiger partial charge in [0.1, 0.15) is 11.8 Å². The maximum absolute atomic E-state index is 5.35. The van der Waals surface area contributed by atoms with Crippen molar-refractivity contribution in [3.05, 3.63) is 120 Å². The molecule has 164 valence electrons. The van der Waals surface area contributed by atoms with Crippen LogP contribution in [0.4, 0.5) is 0 Å². The lowest BCUT2D eigenvalue weighted by atomic mass is 10.2. The molecule has 3 aromatic heterocycles. The third-order valence-corrected chi connectivity index (χ3v) is 7.12. The number of rotatable bonds is 2. The summed E-state index contributed by atoms with van der Waals surface area (Å²) >= 11 is 0. The van der Waals surface area contributed by atoms with E-state index in [1.807, 2.05) is 6.07 Å². The predicted octanol–water partition coefficient (Wildman–Crippen LogP) is 5.90. The monoisotopic (exact) mass is 448 g/mol. The second-order valence-corrected chi connectivity index (χ2v) is 9.07. The highest BCUT2D eigenvalue weighted by atomic mass is 15.1. The van der Waals surface area contributed by atoms with Gasteiger partial charge in [0.25, 0.3) is 0 Å². The van der Waals surface area contributed by atoms with Crippen LogP contribution in [0, 0.1) is 0 Å². The van der Waals surface area contributed by atoms with Crippen molar-refractivity contribution in [3.63, 3.8) is 0 Å². The average molecular weight is 449 g/mol. The fraction of sp³-hybridized carbons (Fsp3) is 0.0323. The van der Waals surface area contributed by atoms with Crippen LogP contribution in [0.15, 0.2) is 114 Å². The molecular formula is C31H20N4. The maximum Gasteiger partial charge on any atom is 0.146 e. The highest BCUT2D eigenvalue weighted by Crippen LogP contribution is 2.38. The molecule has 0 bridgehead atoms. The molecule has 4 heterocycles. The zero-order valence-electron chi connectivity index (χ0n) is 18.8. The second kappa shape index (κ2) is 6.90. The molecule has 0 amide bonds. The third-order valence-electron chi connectivity index (χ3n) is 7.12. The molecule has 0 saturated carbocycles. The van der Waals surface area contributed by atoms with Crippen molar-refractivity contribution in [3.8, 4) is 5.69 Å². The van der Waals surface area contributed by atoms with Gasteiger partial charge in [-0.05, 0) is 47.7 Å². The third kappa shape index (κ3) is 2.56. The zero-order chi connectivity index (χ0) is 22.9. The molecule has 7 aromatic rings. The van der Waals surface area contributed by atoms with Gasteiger partial charge in [-0.15, -0.1) is 0 Å². The highest BCUT2D eigenvalue weighted by molar-refractivity contribution is 6.15. The molecule has 4 heteroatoms. The summed E-state index contributed by atoms with van der Waals surface area (Å²) in [4.78, 5) is 10.4. The van der Waals surface area contributed by atoms with E-state index in [1.54, 1.807) is 0 Å². The molecule has 0 N–H and O–H groups in total. The van der Waals surface area contributed by atoms with Gasteiger partial charge in [-0.2, -0.15) is 0 Å². The van der Waals surface area contributed by atoms with Gasteiger partial charge < -0.3 is 4.57 Å². The van der Waals surface area contributed by atoms with Crippen LogP contribution in [0.25, 0.3) is 55.6 Å². The van der Waals surface area contributed by atoms with Crippen LogP contribution in [-0.2, 0) is 0 Å². The molecule has 1 unspecified atom stereocenters. The van der Waals surface area contributed by atoms with Gasteiger partial charge in [-0.3, -0.25) is 9.56 Å². The SMILES string of the molecule is C1=c2ccccc2=NC1n1c2ccccc2c2nc3c(cc21)c1ccccc1n3-c1ccccc1. The minimum atomic E-state index is -0.100. The predicted molar refractivity (Wildman–Crippen MR) is 142 cm³/mol. The van der Waals surface area contributed by atoms with Gasteiger partial charge >= 0.3 is 0 Å². The van der Waals surface area contributed by atoms with Crippen molar-refractivity contribution < 1.29 is 0 Å². The van der Waals surface area contributed by atoms with E-state index in [2.05, 4.69) is 118 Å². The summed E-state index contributed by atoms with van der Waals surface area (Å²) < 4.78 is 4.61. The molecule has 8 rings (SSSR count). The van der Waals surface area contributed by atoms with Crippen LogP contribution in [0.1, 0.15) is 6.17 Å². The summed E-state index contributed by atoms with van der Waals surface area (Å²) in [7, 11) is 0. The summed E-state index contributed by atoms with van der Waals surface area (Å²) in [5, 5.41) is 5.72. The highest BCUT2D eigenvalue weighted by Gasteiger charge is 2.22. The van der Waals surface area contributed by atoms with E-state index in [-0.39, 0.29) is 6.17 Å². The lowest BCUT2D eigenvalue weighted by molar-refractivity contribution is 0.707. The summed E-state index contributed by atoms with van der Waals surface area (Å²) in [6.07, 6.45) is 2.15. The van der Waals surface area contributed by atoms with Gasteiger partial charge in [0.2, 0.25) is 0 Å². The Balaban J connectivity index is 1.53. The molecule has 0 aliphatic carbocycles. The van der Waals surface area contributed by atoms with E-state index < -0.39 is 0 Å². The molecule has 4 nitrogen and oxygen atoms in total. The van der Waals surface area contributed by atoms with E-state index in [1.165, 1.54) is 10.6 Å². The Bertz CT molecular complexity index is 2030. The van der Waals surface area contributed by atoms with Crippen LogP contribution < -0.4 is 10.6 Å². The molecule has 0 fully saturated rings. The van der Waals surface area contributed by atoms with Gasteiger partial charge in [0.15, 0.2) is 0 Å². The van der Waals surface area contributed by atoms with Gasteiger partial charge in [-0.1, -0.05) is 72.8 Å². The van der Waals surface area contributed by atoms with Crippen LogP contribution in [-0.4, -0.2) is 14.1 Å². The fourth-order valence-electron chi connectivity index (χ4n) is 5.61. The molecule has 35 heavy (non-hydrogen) atoms. The van der Waals surface area contributed by atoms with Crippen molar-refractivity contribution in [2.75, 3.05) is 0 Å². The average Bonchev–Trinajstić information content (AvgIpc) is 3.57. The van der Waals surface area contributed by atoms with Gasteiger partial charge in [0, 0.05) is 21.8 Å². The van der Waals surface area contributed by atoms with E-state index in [9.17, 15) is 0 Å². The molecule has 1 aliphatic rings. The van der Waals surface area contributed by atoms with Crippen molar-refractivity contribution in [2.45, 2.75) is 6.17 Å². The van der Waals surface area contributed by atoms with E-state index in [0.717, 1.165) is 49.5 Å². The minimum Gasteiger partial charge on any atom is -0.313 e. The van der Waals surface area contributed by atoms with E-state index >= 15 is 0 Å². The van der Waals surface area contributed by atoms with Gasteiger partial charge in [0.05, 0.1) is 27.4 Å². The number of benzene rings is 4. The number of hydrogen-bond donors (Lipinski definition) is 0. The number of nitrogens with zero attached hydrogens (tertiary/aromatic N) is 4. The van der Waals surface area contributed by atoms with Crippen molar-refractivity contribution in [1.29, 1.82) is 0 Å². The minimum absolute atomic E-state index is 0.100. The van der Waals surface area contributed by atoms with Crippen molar-refractivity contribution in [2.24, 2.45) is 4.99 Å². The Hall–Kier alpha value is -4.70. The standard InChI is InChI=1S/C31H20N4/c1-2-11-21(12-3-1)34-26-16-8-5-13-22(26)24-19-28-30(33-31(24)34)23-14-6-9-17-27(23)35(28)29-18-20-10-4-7-15-25(20)32-29/h1-19,29H. The number of hydrogen-bond acceptors (Lipinski definition) is 2. The Morgan fingerprint density at radius 1 is 0.600 bits per heavy atom. The lowest BCUT2D eigenvalue weighted by Gasteiger charge is -2.11. The number of fused-ring (bicyclic) bond motifs is 7. The Labute approximate surface area is 200 Å². The molecule has 1 atom stereocenters. The molecular weight excluding hydrogens is 428 g/mol. The largest absolute Gasteiger partial charge is 0.313 e. The maximum atomic E-state index is 5.35. The summed E-state index contributed by atoms with van der Waals surface area (Å²) in [5.74, 6) is 0. The lowest BCUT2D eigenvalue weighted by Crippen LogP contribution is -2.19.